The number of nitrogens with zero attached hydrogens (tertiary/aromatic N) is 1. The maximum Gasteiger partial charge on any atom is 0.338 e. The zero-order valence-electron chi connectivity index (χ0n) is 16.0. The molecule has 0 radical (unpaired) electrons. The van der Waals surface area contributed by atoms with E-state index in [4.69, 9.17) is 41.0 Å². The van der Waals surface area contributed by atoms with Gasteiger partial charge < -0.3 is 29.4 Å². The Morgan fingerprint density at radius 2 is 1.86 bits per heavy atom. The molecule has 0 amide bonds. The molecule has 28 heavy (non-hydrogen) atoms. The van der Waals surface area contributed by atoms with Crippen LogP contribution in [0.3, 0.4) is 0 Å². The maximum absolute atomic E-state index is 12.7. The number of nitriles is 1. The number of nitrogens with two attached hydrogens (primary N) is 1. The molecule has 1 atom stereocenters. The summed E-state index contributed by atoms with van der Waals surface area (Å²) < 4.78 is 26.7. The van der Waals surface area contributed by atoms with Gasteiger partial charge in [-0.1, -0.05) is 0 Å². The molecule has 1 aromatic rings. The van der Waals surface area contributed by atoms with Gasteiger partial charge in [-0.15, -0.1) is 11.6 Å². The highest BCUT2D eigenvalue weighted by Crippen LogP contribution is 2.46. The van der Waals surface area contributed by atoms with E-state index in [-0.39, 0.29) is 35.3 Å². The van der Waals surface area contributed by atoms with Gasteiger partial charge in [-0.2, -0.15) is 5.26 Å². The second-order valence-corrected chi connectivity index (χ2v) is 5.84. The van der Waals surface area contributed by atoms with Crippen molar-refractivity contribution in [3.8, 4) is 23.3 Å². The van der Waals surface area contributed by atoms with E-state index in [1.807, 2.05) is 6.07 Å². The quantitative estimate of drug-likeness (QED) is 0.541. The van der Waals surface area contributed by atoms with Crippen molar-refractivity contribution in [2.75, 3.05) is 33.8 Å². The van der Waals surface area contributed by atoms with Crippen LogP contribution in [0.25, 0.3) is 0 Å². The van der Waals surface area contributed by atoms with E-state index in [1.54, 1.807) is 19.1 Å². The Bertz CT molecular complexity index is 847. The predicted molar refractivity (Wildman–Crippen MR) is 101 cm³/mol. The summed E-state index contributed by atoms with van der Waals surface area (Å²) in [4.78, 5) is 12.7. The molecule has 1 aliphatic rings. The van der Waals surface area contributed by atoms with E-state index >= 15 is 0 Å². The zero-order chi connectivity index (χ0) is 20.8. The van der Waals surface area contributed by atoms with Gasteiger partial charge in [-0.3, -0.25) is 0 Å². The summed E-state index contributed by atoms with van der Waals surface area (Å²) in [6.45, 7) is 1.81. The number of ether oxygens (including phenoxy) is 5. The van der Waals surface area contributed by atoms with Gasteiger partial charge in [0.25, 0.3) is 0 Å². The van der Waals surface area contributed by atoms with Crippen LogP contribution in [0.2, 0.25) is 0 Å². The number of rotatable bonds is 7. The zero-order valence-corrected chi connectivity index (χ0v) is 16.8. The predicted octanol–water partition coefficient (Wildman–Crippen LogP) is 2.58. The summed E-state index contributed by atoms with van der Waals surface area (Å²) in [5.74, 6) is -0.591. The van der Waals surface area contributed by atoms with Crippen molar-refractivity contribution in [2.24, 2.45) is 5.73 Å². The van der Waals surface area contributed by atoms with Crippen LogP contribution in [0.15, 0.2) is 34.9 Å². The van der Waals surface area contributed by atoms with Crippen LogP contribution in [0, 0.1) is 11.3 Å². The van der Waals surface area contributed by atoms with Crippen LogP contribution in [-0.2, 0) is 14.3 Å². The fourth-order valence-corrected chi connectivity index (χ4v) is 3.15. The number of esters is 1. The standard InChI is InChI=1S/C19H21ClN2O6/c1-5-27-19(23)16-14(8-20)28-18(22)11(9-21)15(16)10-6-12(24-2)17(26-4)13(7-10)25-3/h6-7,15H,5,8,22H2,1-4H3/t15-/m0/s1. The molecule has 0 aliphatic carbocycles. The molecular formula is C19H21ClN2O6. The van der Waals surface area contributed by atoms with Crippen LogP contribution in [0.4, 0.5) is 0 Å². The number of carbonyl (C=O) groups excluding carboxylic acids is 1. The molecule has 1 heterocycles. The fraction of sp³-hybridized carbons (Fsp3) is 0.368. The van der Waals surface area contributed by atoms with Crippen molar-refractivity contribution in [3.05, 3.63) is 40.5 Å². The summed E-state index contributed by atoms with van der Waals surface area (Å²) in [7, 11) is 4.40. The van der Waals surface area contributed by atoms with Crippen molar-refractivity contribution < 1.29 is 28.5 Å². The van der Waals surface area contributed by atoms with Crippen molar-refractivity contribution in [1.29, 1.82) is 5.26 Å². The first-order valence-corrected chi connectivity index (χ1v) is 8.84. The van der Waals surface area contributed by atoms with Gasteiger partial charge in [0.1, 0.15) is 17.4 Å². The van der Waals surface area contributed by atoms with Gasteiger partial charge in [-0.05, 0) is 24.6 Å². The van der Waals surface area contributed by atoms with Gasteiger partial charge in [0.2, 0.25) is 11.6 Å². The van der Waals surface area contributed by atoms with Gasteiger partial charge in [0, 0.05) is 0 Å². The average molecular weight is 409 g/mol. The highest BCUT2D eigenvalue weighted by atomic mass is 35.5. The molecular weight excluding hydrogens is 388 g/mol. The van der Waals surface area contributed by atoms with Crippen molar-refractivity contribution in [1.82, 2.24) is 0 Å². The highest BCUT2D eigenvalue weighted by molar-refractivity contribution is 6.19. The third-order valence-corrected chi connectivity index (χ3v) is 4.38. The van der Waals surface area contributed by atoms with Crippen LogP contribution in [0.5, 0.6) is 17.2 Å². The number of halogens is 1. The van der Waals surface area contributed by atoms with E-state index in [9.17, 15) is 10.1 Å². The molecule has 0 saturated heterocycles. The smallest absolute Gasteiger partial charge is 0.338 e. The van der Waals surface area contributed by atoms with Crippen LogP contribution in [-0.4, -0.2) is 39.8 Å². The van der Waals surface area contributed by atoms with E-state index in [0.717, 1.165) is 0 Å². The lowest BCUT2D eigenvalue weighted by atomic mass is 9.82. The number of methoxy groups -OCH3 is 3. The lowest BCUT2D eigenvalue weighted by Gasteiger charge is -2.28. The van der Waals surface area contributed by atoms with Gasteiger partial charge in [-0.25, -0.2) is 4.79 Å². The largest absolute Gasteiger partial charge is 0.493 e. The molecule has 0 unspecified atom stereocenters. The molecule has 150 valence electrons. The van der Waals surface area contributed by atoms with E-state index in [1.165, 1.54) is 21.3 Å². The van der Waals surface area contributed by atoms with Crippen molar-refractivity contribution in [3.63, 3.8) is 0 Å². The van der Waals surface area contributed by atoms with E-state index in [2.05, 4.69) is 0 Å². The molecule has 1 aromatic carbocycles. The Kier molecular flexibility index (Phi) is 7.01. The molecule has 2 N–H and O–H groups in total. The first-order chi connectivity index (χ1) is 13.5. The fourth-order valence-electron chi connectivity index (χ4n) is 2.95. The number of alkyl halides is 1. The lowest BCUT2D eigenvalue weighted by molar-refractivity contribution is -0.139. The Labute approximate surface area is 168 Å². The molecule has 0 spiro atoms. The topological polar surface area (TPSA) is 113 Å². The van der Waals surface area contributed by atoms with Gasteiger partial charge in [0.05, 0.1) is 45.3 Å². The van der Waals surface area contributed by atoms with Crippen molar-refractivity contribution >= 4 is 17.6 Å². The molecule has 8 nitrogen and oxygen atoms in total. The summed E-state index contributed by atoms with van der Waals surface area (Å²) in [5.41, 5.74) is 6.56. The van der Waals surface area contributed by atoms with Gasteiger partial charge >= 0.3 is 5.97 Å². The number of hydrogen-bond acceptors (Lipinski definition) is 8. The molecule has 0 bridgehead atoms. The second-order valence-electron chi connectivity index (χ2n) is 5.57. The first kappa shape index (κ1) is 21.3. The number of benzene rings is 1. The Balaban J connectivity index is 2.79. The lowest BCUT2D eigenvalue weighted by Crippen LogP contribution is -2.27. The molecule has 0 saturated carbocycles. The SMILES string of the molecule is CCOC(=O)C1=C(CCl)OC(N)=C(C#N)[C@@H]1c1cc(OC)c(OC)c(OC)c1. The third kappa shape index (κ3) is 3.80. The Morgan fingerprint density at radius 3 is 2.29 bits per heavy atom. The average Bonchev–Trinajstić information content (AvgIpc) is 2.71. The van der Waals surface area contributed by atoms with Crippen LogP contribution >= 0.6 is 11.6 Å². The summed E-state index contributed by atoms with van der Waals surface area (Å²) in [6, 6.07) is 5.27. The first-order valence-electron chi connectivity index (χ1n) is 8.30. The molecule has 0 aromatic heterocycles. The Morgan fingerprint density at radius 1 is 1.25 bits per heavy atom. The molecule has 1 aliphatic heterocycles. The second kappa shape index (κ2) is 9.24. The minimum Gasteiger partial charge on any atom is -0.493 e. The van der Waals surface area contributed by atoms with E-state index < -0.39 is 11.9 Å². The number of allylic oxidation sites excluding steroid dienone is 2. The van der Waals surface area contributed by atoms with Crippen LogP contribution < -0.4 is 19.9 Å². The molecule has 2 rings (SSSR count). The molecule has 9 heteroatoms. The summed E-state index contributed by atoms with van der Waals surface area (Å²) in [6.07, 6.45) is 0. The van der Waals surface area contributed by atoms with Crippen LogP contribution in [0.1, 0.15) is 18.4 Å². The maximum atomic E-state index is 12.7. The number of hydrogen-bond donors (Lipinski definition) is 1. The minimum atomic E-state index is -0.875. The summed E-state index contributed by atoms with van der Waals surface area (Å²) in [5, 5.41) is 9.67. The summed E-state index contributed by atoms with van der Waals surface area (Å²) >= 11 is 5.97. The monoisotopic (exact) mass is 408 g/mol. The molecule has 0 fully saturated rings. The van der Waals surface area contributed by atoms with Crippen molar-refractivity contribution in [2.45, 2.75) is 12.8 Å². The normalized spacial score (nSPS) is 16.2. The van der Waals surface area contributed by atoms with E-state index in [0.29, 0.717) is 22.8 Å². The third-order valence-electron chi connectivity index (χ3n) is 4.13. The number of carbonyl (C=O) groups is 1. The Hall–Kier alpha value is -3.05. The highest BCUT2D eigenvalue weighted by Gasteiger charge is 2.38. The van der Waals surface area contributed by atoms with Gasteiger partial charge in [0.15, 0.2) is 11.5 Å². The minimum absolute atomic E-state index is 0.0474.